The quantitative estimate of drug-likeness (QED) is 0.787. The van der Waals surface area contributed by atoms with E-state index in [1.165, 1.54) is 18.4 Å². The number of piperazine rings is 1. The van der Waals surface area contributed by atoms with Crippen molar-refractivity contribution < 1.29 is 9.59 Å². The molecule has 0 bridgehead atoms. The Morgan fingerprint density at radius 2 is 1.65 bits per heavy atom. The van der Waals surface area contributed by atoms with E-state index in [2.05, 4.69) is 53.2 Å². The van der Waals surface area contributed by atoms with E-state index in [0.717, 1.165) is 70.0 Å². The van der Waals surface area contributed by atoms with Gasteiger partial charge in [0.25, 0.3) is 0 Å². The lowest BCUT2D eigenvalue weighted by molar-refractivity contribution is -0.128. The van der Waals surface area contributed by atoms with Crippen molar-refractivity contribution >= 4 is 17.5 Å². The maximum absolute atomic E-state index is 13.2. The molecule has 0 radical (unpaired) electrons. The van der Waals surface area contributed by atoms with Crippen molar-refractivity contribution in [3.05, 3.63) is 29.8 Å². The van der Waals surface area contributed by atoms with Crippen molar-refractivity contribution in [2.75, 3.05) is 44.2 Å². The number of hydrogen-bond donors (Lipinski definition) is 1. The molecule has 1 unspecified atom stereocenters. The highest BCUT2D eigenvalue weighted by Gasteiger charge is 2.35. The molecule has 1 aromatic carbocycles. The van der Waals surface area contributed by atoms with E-state index in [1.54, 1.807) is 0 Å². The molecule has 1 saturated carbocycles. The summed E-state index contributed by atoms with van der Waals surface area (Å²) >= 11 is 0. The van der Waals surface area contributed by atoms with Crippen LogP contribution in [0.5, 0.6) is 0 Å². The zero-order chi connectivity index (χ0) is 21.8. The minimum Gasteiger partial charge on any atom is -0.352 e. The van der Waals surface area contributed by atoms with Gasteiger partial charge >= 0.3 is 0 Å². The number of amides is 2. The number of rotatable bonds is 5. The molecule has 1 atom stereocenters. The van der Waals surface area contributed by atoms with Gasteiger partial charge in [0.05, 0.1) is 12.6 Å². The number of anilines is 1. The highest BCUT2D eigenvalue weighted by atomic mass is 16.2. The average Bonchev–Trinajstić information content (AvgIpc) is 2.77. The second-order valence-corrected chi connectivity index (χ2v) is 9.82. The number of carbonyl (C=O) groups excluding carboxylic acids is 2. The summed E-state index contributed by atoms with van der Waals surface area (Å²) in [6.07, 6.45) is 6.63. The van der Waals surface area contributed by atoms with Crippen molar-refractivity contribution in [2.45, 2.75) is 64.5 Å². The predicted molar refractivity (Wildman–Crippen MR) is 124 cm³/mol. The Labute approximate surface area is 187 Å². The molecule has 6 nitrogen and oxygen atoms in total. The van der Waals surface area contributed by atoms with Gasteiger partial charge in [-0.1, -0.05) is 24.6 Å². The molecule has 3 aliphatic rings. The minimum atomic E-state index is -0.0322. The summed E-state index contributed by atoms with van der Waals surface area (Å²) < 4.78 is 0. The topological polar surface area (TPSA) is 55.9 Å². The molecule has 3 fully saturated rings. The zero-order valence-corrected chi connectivity index (χ0v) is 19.2. The third-order valence-corrected chi connectivity index (χ3v) is 7.35. The highest BCUT2D eigenvalue weighted by Crippen LogP contribution is 2.25. The lowest BCUT2D eigenvalue weighted by Crippen LogP contribution is -2.58. The number of piperidine rings is 1. The van der Waals surface area contributed by atoms with Crippen molar-refractivity contribution in [1.82, 2.24) is 15.1 Å². The summed E-state index contributed by atoms with van der Waals surface area (Å²) in [5, 5.41) is 3.24. The molecule has 4 rings (SSSR count). The number of aryl methyl sites for hydroxylation is 1. The highest BCUT2D eigenvalue weighted by molar-refractivity contribution is 5.98. The molecule has 1 aromatic rings. The number of carbonyl (C=O) groups is 2. The Bertz CT molecular complexity index is 749. The first-order valence-electron chi connectivity index (χ1n) is 12.1. The summed E-state index contributed by atoms with van der Waals surface area (Å²) in [7, 11) is 0. The third-order valence-electron chi connectivity index (χ3n) is 7.35. The van der Waals surface area contributed by atoms with Crippen molar-refractivity contribution in [1.29, 1.82) is 0 Å². The van der Waals surface area contributed by atoms with E-state index in [1.807, 2.05) is 4.90 Å². The number of nitrogens with one attached hydrogen (secondary N) is 1. The van der Waals surface area contributed by atoms with Crippen LogP contribution in [0.25, 0.3) is 0 Å². The standard InChI is InChI=1S/C25H38N4O2/c1-19-5-9-21(10-6-19)26-24(30)18-27-14-16-28(17-15-27)23-4-3-13-29(25(23)31)22-11-7-20(2)8-12-22/h7-8,11-12,19,21,23H,3-6,9-10,13-18H2,1-2H3,(H,26,30). The van der Waals surface area contributed by atoms with Crippen LogP contribution < -0.4 is 10.2 Å². The second-order valence-electron chi connectivity index (χ2n) is 9.82. The van der Waals surface area contributed by atoms with Gasteiger partial charge in [-0.2, -0.15) is 0 Å². The van der Waals surface area contributed by atoms with Crippen molar-refractivity contribution in [3.63, 3.8) is 0 Å². The first-order chi connectivity index (χ1) is 15.0. The second kappa shape index (κ2) is 10.1. The number of nitrogens with zero attached hydrogens (tertiary/aromatic N) is 3. The van der Waals surface area contributed by atoms with Crippen LogP contribution in [0.4, 0.5) is 5.69 Å². The van der Waals surface area contributed by atoms with Crippen LogP contribution in [0.1, 0.15) is 51.0 Å². The molecule has 2 heterocycles. The fraction of sp³-hybridized carbons (Fsp3) is 0.680. The maximum Gasteiger partial charge on any atom is 0.244 e. The summed E-state index contributed by atoms with van der Waals surface area (Å²) in [6.45, 7) is 9.06. The molecule has 31 heavy (non-hydrogen) atoms. The lowest BCUT2D eigenvalue weighted by atomic mass is 9.87. The zero-order valence-electron chi connectivity index (χ0n) is 19.2. The lowest BCUT2D eigenvalue weighted by Gasteiger charge is -2.42. The fourth-order valence-corrected chi connectivity index (χ4v) is 5.29. The molecular formula is C25H38N4O2. The summed E-state index contributed by atoms with van der Waals surface area (Å²) in [6, 6.07) is 8.58. The third kappa shape index (κ3) is 5.66. The maximum atomic E-state index is 13.2. The molecule has 2 amide bonds. The monoisotopic (exact) mass is 426 g/mol. The van der Waals surface area contributed by atoms with Gasteiger partial charge in [0.15, 0.2) is 0 Å². The summed E-state index contributed by atoms with van der Waals surface area (Å²) in [4.78, 5) is 32.2. The van der Waals surface area contributed by atoms with Crippen LogP contribution in [0, 0.1) is 12.8 Å². The van der Waals surface area contributed by atoms with Crippen molar-refractivity contribution in [3.8, 4) is 0 Å². The van der Waals surface area contributed by atoms with Crippen LogP contribution in [0.15, 0.2) is 24.3 Å². The SMILES string of the molecule is Cc1ccc(N2CCCC(N3CCN(CC(=O)NC4CCC(C)CC4)CC3)C2=O)cc1. The smallest absolute Gasteiger partial charge is 0.244 e. The fourth-order valence-electron chi connectivity index (χ4n) is 5.29. The first-order valence-corrected chi connectivity index (χ1v) is 12.1. The van der Waals surface area contributed by atoms with Gasteiger partial charge in [-0.25, -0.2) is 0 Å². The van der Waals surface area contributed by atoms with E-state index >= 15 is 0 Å². The van der Waals surface area contributed by atoms with Gasteiger partial charge in [-0.15, -0.1) is 0 Å². The molecule has 2 saturated heterocycles. The molecule has 170 valence electrons. The Balaban J connectivity index is 1.25. The van der Waals surface area contributed by atoms with Crippen LogP contribution in [0.2, 0.25) is 0 Å². The molecule has 2 aliphatic heterocycles. The molecular weight excluding hydrogens is 388 g/mol. The molecule has 0 spiro atoms. The summed E-state index contributed by atoms with van der Waals surface area (Å²) in [5.41, 5.74) is 2.22. The number of hydrogen-bond acceptors (Lipinski definition) is 4. The molecule has 1 aliphatic carbocycles. The van der Waals surface area contributed by atoms with Crippen LogP contribution in [0.3, 0.4) is 0 Å². The van der Waals surface area contributed by atoms with Crippen molar-refractivity contribution in [2.24, 2.45) is 5.92 Å². The number of benzene rings is 1. The molecule has 0 aromatic heterocycles. The van der Waals surface area contributed by atoms with E-state index < -0.39 is 0 Å². The molecule has 6 heteroatoms. The van der Waals surface area contributed by atoms with Gasteiger partial charge in [-0.3, -0.25) is 19.4 Å². The van der Waals surface area contributed by atoms with Crippen LogP contribution in [-0.4, -0.2) is 73.0 Å². The van der Waals surface area contributed by atoms with E-state index in [0.29, 0.717) is 12.6 Å². The predicted octanol–water partition coefficient (Wildman–Crippen LogP) is 2.80. The summed E-state index contributed by atoms with van der Waals surface area (Å²) in [5.74, 6) is 1.19. The minimum absolute atomic E-state index is 0.0322. The van der Waals surface area contributed by atoms with Gasteiger partial charge < -0.3 is 10.2 Å². The van der Waals surface area contributed by atoms with E-state index in [4.69, 9.17) is 0 Å². The van der Waals surface area contributed by atoms with Crippen LogP contribution in [-0.2, 0) is 9.59 Å². The Morgan fingerprint density at radius 3 is 2.32 bits per heavy atom. The van der Waals surface area contributed by atoms with Gasteiger partial charge in [0.2, 0.25) is 11.8 Å². The Hall–Kier alpha value is -1.92. The van der Waals surface area contributed by atoms with Gasteiger partial charge in [-0.05, 0) is 63.5 Å². The average molecular weight is 427 g/mol. The van der Waals surface area contributed by atoms with Gasteiger partial charge in [0, 0.05) is 44.5 Å². The van der Waals surface area contributed by atoms with Gasteiger partial charge in [0.1, 0.15) is 0 Å². The van der Waals surface area contributed by atoms with E-state index in [-0.39, 0.29) is 17.9 Å². The van der Waals surface area contributed by atoms with Crippen LogP contribution >= 0.6 is 0 Å². The Morgan fingerprint density at radius 1 is 0.968 bits per heavy atom. The Kier molecular flexibility index (Phi) is 7.28. The largest absolute Gasteiger partial charge is 0.352 e. The van der Waals surface area contributed by atoms with E-state index in [9.17, 15) is 9.59 Å². The first kappa shape index (κ1) is 22.3. The normalized spacial score (nSPS) is 28.5. The molecule has 1 N–H and O–H groups in total.